The van der Waals surface area contributed by atoms with Crippen molar-refractivity contribution in [1.29, 1.82) is 0 Å². The number of carbonyl (C=O) groups excluding carboxylic acids is 1. The molecule has 1 N–H and O–H groups in total. The maximum atomic E-state index is 11.3. The van der Waals surface area contributed by atoms with Gasteiger partial charge in [0.1, 0.15) is 0 Å². The SMILES string of the molecule is CCCCOC(=O)Nc1ccc(Br)c(Cl)c1. The lowest BCUT2D eigenvalue weighted by atomic mass is 10.3. The van der Waals surface area contributed by atoms with Crippen LogP contribution in [0.5, 0.6) is 0 Å². The molecule has 5 heteroatoms. The molecule has 0 aliphatic carbocycles. The number of nitrogens with one attached hydrogen (secondary N) is 1. The summed E-state index contributed by atoms with van der Waals surface area (Å²) in [6.07, 6.45) is 1.41. The molecule has 16 heavy (non-hydrogen) atoms. The maximum Gasteiger partial charge on any atom is 0.411 e. The molecule has 0 aromatic heterocycles. The molecular weight excluding hydrogens is 293 g/mol. The van der Waals surface area contributed by atoms with Gasteiger partial charge in [0.2, 0.25) is 0 Å². The van der Waals surface area contributed by atoms with E-state index in [-0.39, 0.29) is 0 Å². The fourth-order valence-corrected chi connectivity index (χ4v) is 1.46. The summed E-state index contributed by atoms with van der Waals surface area (Å²) in [6, 6.07) is 5.17. The highest BCUT2D eigenvalue weighted by atomic mass is 79.9. The minimum atomic E-state index is -0.452. The topological polar surface area (TPSA) is 38.3 Å². The van der Waals surface area contributed by atoms with Crippen LogP contribution in [0.2, 0.25) is 5.02 Å². The van der Waals surface area contributed by atoms with E-state index in [0.717, 1.165) is 17.3 Å². The van der Waals surface area contributed by atoms with Gasteiger partial charge in [-0.3, -0.25) is 5.32 Å². The summed E-state index contributed by atoms with van der Waals surface area (Å²) in [6.45, 7) is 2.47. The second-order valence-electron chi connectivity index (χ2n) is 3.24. The van der Waals surface area contributed by atoms with E-state index in [1.54, 1.807) is 18.2 Å². The Balaban J connectivity index is 2.46. The molecule has 0 bridgehead atoms. The second-order valence-corrected chi connectivity index (χ2v) is 4.50. The number of anilines is 1. The summed E-state index contributed by atoms with van der Waals surface area (Å²) < 4.78 is 5.74. The summed E-state index contributed by atoms with van der Waals surface area (Å²) >= 11 is 9.16. The van der Waals surface area contributed by atoms with Crippen LogP contribution in [-0.2, 0) is 4.74 Å². The molecule has 88 valence electrons. The third kappa shape index (κ3) is 4.41. The van der Waals surface area contributed by atoms with Crippen molar-refractivity contribution in [3.8, 4) is 0 Å². The van der Waals surface area contributed by atoms with Crippen molar-refractivity contribution >= 4 is 39.3 Å². The number of unbranched alkanes of at least 4 members (excludes halogenated alkanes) is 1. The van der Waals surface area contributed by atoms with Crippen molar-refractivity contribution in [3.63, 3.8) is 0 Å². The Kier molecular flexibility index (Phi) is 5.63. The average Bonchev–Trinajstić information content (AvgIpc) is 2.24. The van der Waals surface area contributed by atoms with E-state index < -0.39 is 6.09 Å². The van der Waals surface area contributed by atoms with Crippen LogP contribution in [-0.4, -0.2) is 12.7 Å². The van der Waals surface area contributed by atoms with Crippen LogP contribution < -0.4 is 5.32 Å². The molecule has 3 nitrogen and oxygen atoms in total. The van der Waals surface area contributed by atoms with Crippen LogP contribution in [0.4, 0.5) is 10.5 Å². The number of amides is 1. The predicted molar refractivity (Wildman–Crippen MR) is 69.0 cm³/mol. The van der Waals surface area contributed by atoms with Crippen LogP contribution in [0.15, 0.2) is 22.7 Å². The van der Waals surface area contributed by atoms with Gasteiger partial charge in [0.05, 0.1) is 11.6 Å². The molecule has 0 saturated heterocycles. The Hall–Kier alpha value is -0.740. The Morgan fingerprint density at radius 3 is 2.94 bits per heavy atom. The minimum absolute atomic E-state index is 0.437. The van der Waals surface area contributed by atoms with Gasteiger partial charge in [0, 0.05) is 10.2 Å². The van der Waals surface area contributed by atoms with Gasteiger partial charge in [-0.2, -0.15) is 0 Å². The van der Waals surface area contributed by atoms with Crippen molar-refractivity contribution in [3.05, 3.63) is 27.7 Å². The van der Waals surface area contributed by atoms with E-state index >= 15 is 0 Å². The first kappa shape index (κ1) is 13.3. The Morgan fingerprint density at radius 1 is 1.56 bits per heavy atom. The number of rotatable bonds is 4. The molecule has 1 amide bonds. The van der Waals surface area contributed by atoms with Crippen LogP contribution in [0.3, 0.4) is 0 Å². The van der Waals surface area contributed by atoms with E-state index in [9.17, 15) is 4.79 Å². The van der Waals surface area contributed by atoms with E-state index in [0.29, 0.717) is 17.3 Å². The number of hydrogen-bond acceptors (Lipinski definition) is 2. The lowest BCUT2D eigenvalue weighted by Gasteiger charge is -2.07. The fraction of sp³-hybridized carbons (Fsp3) is 0.364. The first-order valence-electron chi connectivity index (χ1n) is 5.02. The van der Waals surface area contributed by atoms with Gasteiger partial charge in [-0.1, -0.05) is 24.9 Å². The van der Waals surface area contributed by atoms with Crippen LogP contribution in [0.25, 0.3) is 0 Å². The predicted octanol–water partition coefficient (Wildman–Crippen LogP) is 4.45. The van der Waals surface area contributed by atoms with E-state index in [1.165, 1.54) is 0 Å². The van der Waals surface area contributed by atoms with E-state index in [2.05, 4.69) is 21.2 Å². The number of benzene rings is 1. The van der Waals surface area contributed by atoms with E-state index in [1.807, 2.05) is 6.92 Å². The molecule has 1 aromatic rings. The van der Waals surface area contributed by atoms with Crippen molar-refractivity contribution in [2.24, 2.45) is 0 Å². The molecule has 0 saturated carbocycles. The van der Waals surface area contributed by atoms with Gasteiger partial charge in [-0.25, -0.2) is 4.79 Å². The summed E-state index contributed by atoms with van der Waals surface area (Å²) in [7, 11) is 0. The Morgan fingerprint density at radius 2 is 2.31 bits per heavy atom. The summed E-state index contributed by atoms with van der Waals surface area (Å²) in [4.78, 5) is 11.3. The third-order valence-electron chi connectivity index (χ3n) is 1.90. The van der Waals surface area contributed by atoms with Crippen molar-refractivity contribution in [1.82, 2.24) is 0 Å². The van der Waals surface area contributed by atoms with E-state index in [4.69, 9.17) is 16.3 Å². The number of ether oxygens (including phenoxy) is 1. The molecule has 0 spiro atoms. The monoisotopic (exact) mass is 305 g/mol. The summed E-state index contributed by atoms with van der Waals surface area (Å²) in [5, 5.41) is 3.15. The van der Waals surface area contributed by atoms with Crippen molar-refractivity contribution in [2.45, 2.75) is 19.8 Å². The highest BCUT2D eigenvalue weighted by Crippen LogP contribution is 2.25. The number of halogens is 2. The molecular formula is C11H13BrClNO2. The highest BCUT2D eigenvalue weighted by Gasteiger charge is 2.04. The molecule has 0 fully saturated rings. The van der Waals surface area contributed by atoms with Gasteiger partial charge < -0.3 is 4.74 Å². The smallest absolute Gasteiger partial charge is 0.411 e. The summed E-state index contributed by atoms with van der Waals surface area (Å²) in [5.74, 6) is 0. The normalized spacial score (nSPS) is 9.94. The molecule has 0 aliphatic rings. The average molecular weight is 307 g/mol. The molecule has 1 aromatic carbocycles. The van der Waals surface area contributed by atoms with Crippen LogP contribution in [0, 0.1) is 0 Å². The maximum absolute atomic E-state index is 11.3. The van der Waals surface area contributed by atoms with Gasteiger partial charge in [-0.05, 0) is 40.5 Å². The molecule has 0 atom stereocenters. The zero-order valence-corrected chi connectivity index (χ0v) is 11.3. The zero-order chi connectivity index (χ0) is 12.0. The first-order valence-corrected chi connectivity index (χ1v) is 6.19. The Bertz CT molecular complexity index is 371. The molecule has 0 unspecified atom stereocenters. The van der Waals surface area contributed by atoms with Crippen LogP contribution in [0.1, 0.15) is 19.8 Å². The standard InChI is InChI=1S/C11H13BrClNO2/c1-2-3-6-16-11(15)14-8-4-5-9(12)10(13)7-8/h4-5,7H,2-3,6H2,1H3,(H,14,15). The van der Waals surface area contributed by atoms with Gasteiger partial charge >= 0.3 is 6.09 Å². The lowest BCUT2D eigenvalue weighted by molar-refractivity contribution is 0.160. The van der Waals surface area contributed by atoms with Crippen molar-refractivity contribution in [2.75, 3.05) is 11.9 Å². The Labute approximate surface area is 108 Å². The number of carbonyl (C=O) groups is 1. The van der Waals surface area contributed by atoms with Gasteiger partial charge in [0.25, 0.3) is 0 Å². The molecule has 0 heterocycles. The molecule has 0 aliphatic heterocycles. The molecule has 0 radical (unpaired) electrons. The summed E-state index contributed by atoms with van der Waals surface area (Å²) in [5.41, 5.74) is 0.620. The fourth-order valence-electron chi connectivity index (χ4n) is 1.04. The van der Waals surface area contributed by atoms with Gasteiger partial charge in [0.15, 0.2) is 0 Å². The minimum Gasteiger partial charge on any atom is -0.449 e. The quantitative estimate of drug-likeness (QED) is 0.835. The van der Waals surface area contributed by atoms with Crippen LogP contribution >= 0.6 is 27.5 Å². The zero-order valence-electron chi connectivity index (χ0n) is 8.93. The number of hydrogen-bond donors (Lipinski definition) is 1. The lowest BCUT2D eigenvalue weighted by Crippen LogP contribution is -2.14. The first-order chi connectivity index (χ1) is 7.63. The van der Waals surface area contributed by atoms with Crippen molar-refractivity contribution < 1.29 is 9.53 Å². The third-order valence-corrected chi connectivity index (χ3v) is 3.13. The van der Waals surface area contributed by atoms with Gasteiger partial charge in [-0.15, -0.1) is 0 Å². The highest BCUT2D eigenvalue weighted by molar-refractivity contribution is 9.10. The largest absolute Gasteiger partial charge is 0.449 e. The second kappa shape index (κ2) is 6.76. The molecule has 1 rings (SSSR count).